The fourth-order valence-electron chi connectivity index (χ4n) is 2.72. The minimum atomic E-state index is 0.267. The van der Waals surface area contributed by atoms with Crippen molar-refractivity contribution in [3.63, 3.8) is 0 Å². The molecule has 1 rings (SSSR count). The Morgan fingerprint density at radius 3 is 2.21 bits per heavy atom. The summed E-state index contributed by atoms with van der Waals surface area (Å²) in [6, 6.07) is 0.302. The molecule has 0 aromatic heterocycles. The first-order valence-electron chi connectivity index (χ1n) is 8.25. The third-order valence-corrected chi connectivity index (χ3v) is 4.04. The van der Waals surface area contributed by atoms with Crippen LogP contribution in [0.1, 0.15) is 71.1 Å². The lowest BCUT2D eigenvalue weighted by Gasteiger charge is -2.24. The van der Waals surface area contributed by atoms with Crippen molar-refractivity contribution in [3.05, 3.63) is 0 Å². The van der Waals surface area contributed by atoms with Crippen LogP contribution in [0.3, 0.4) is 0 Å². The summed E-state index contributed by atoms with van der Waals surface area (Å²) in [5.74, 6) is 0. The normalized spacial score (nSPS) is 16.2. The van der Waals surface area contributed by atoms with Gasteiger partial charge in [0.2, 0.25) is 0 Å². The summed E-state index contributed by atoms with van der Waals surface area (Å²) >= 11 is 0. The highest BCUT2D eigenvalue weighted by Gasteiger charge is 2.16. The van der Waals surface area contributed by atoms with Gasteiger partial charge in [-0.15, -0.1) is 0 Å². The number of nitrogens with zero attached hydrogens (tertiary/aromatic N) is 2. The lowest BCUT2D eigenvalue weighted by molar-refractivity contribution is 0.180. The van der Waals surface area contributed by atoms with Crippen LogP contribution in [0, 0.1) is 0 Å². The molecule has 1 heterocycles. The first-order valence-corrected chi connectivity index (χ1v) is 8.25. The van der Waals surface area contributed by atoms with E-state index in [2.05, 4.69) is 16.8 Å². The van der Waals surface area contributed by atoms with Crippen LogP contribution in [0.5, 0.6) is 0 Å². The largest absolute Gasteiger partial charge is 0.394 e. The Morgan fingerprint density at radius 1 is 1.05 bits per heavy atom. The molecular weight excluding hydrogens is 236 g/mol. The Balaban J connectivity index is 1.90. The second kappa shape index (κ2) is 11.3. The maximum atomic E-state index is 9.41. The topological polar surface area (TPSA) is 35.8 Å². The Morgan fingerprint density at radius 2 is 1.68 bits per heavy atom. The van der Waals surface area contributed by atoms with Gasteiger partial charge in [0.05, 0.1) is 25.5 Å². The van der Waals surface area contributed by atoms with Gasteiger partial charge < -0.3 is 10.0 Å². The first kappa shape index (κ1) is 16.5. The number of hydrogen-bond donors (Lipinski definition) is 1. The highest BCUT2D eigenvalue weighted by molar-refractivity contribution is 5.57. The van der Waals surface area contributed by atoms with E-state index in [-0.39, 0.29) is 6.61 Å². The summed E-state index contributed by atoms with van der Waals surface area (Å²) in [4.78, 5) is 6.42. The summed E-state index contributed by atoms with van der Waals surface area (Å²) in [5, 5.41) is 9.41. The number of rotatable bonds is 12. The third-order valence-electron chi connectivity index (χ3n) is 4.04. The molecule has 0 aliphatic carbocycles. The molecule has 1 unspecified atom stereocenters. The summed E-state index contributed by atoms with van der Waals surface area (Å²) < 4.78 is 0. The van der Waals surface area contributed by atoms with Gasteiger partial charge in [-0.2, -0.15) is 0 Å². The van der Waals surface area contributed by atoms with Gasteiger partial charge in [0.25, 0.3) is 0 Å². The molecule has 1 atom stereocenters. The van der Waals surface area contributed by atoms with Gasteiger partial charge in [0, 0.05) is 6.54 Å². The van der Waals surface area contributed by atoms with E-state index < -0.39 is 0 Å². The standard InChI is InChI=1S/C16H32N2O/c1-2-3-4-5-6-7-8-9-10-11-16(14-19)18-13-12-17-15-18/h15-16,19H,2-14H2,1H3. The first-order chi connectivity index (χ1) is 9.38. The number of aliphatic imine (C=N–C) groups is 1. The average molecular weight is 268 g/mol. The van der Waals surface area contributed by atoms with E-state index in [0.29, 0.717) is 6.04 Å². The number of hydrogen-bond acceptors (Lipinski definition) is 3. The fraction of sp³-hybridized carbons (Fsp3) is 0.938. The van der Waals surface area contributed by atoms with Crippen molar-refractivity contribution < 1.29 is 5.11 Å². The summed E-state index contributed by atoms with van der Waals surface area (Å²) in [6.07, 6.45) is 15.3. The van der Waals surface area contributed by atoms with E-state index in [1.807, 2.05) is 6.34 Å². The lowest BCUT2D eigenvalue weighted by atomic mass is 10.0. The van der Waals surface area contributed by atoms with Gasteiger partial charge in [0.1, 0.15) is 0 Å². The second-order valence-electron chi connectivity index (χ2n) is 5.71. The molecule has 3 heteroatoms. The summed E-state index contributed by atoms with van der Waals surface area (Å²) in [5.41, 5.74) is 0. The van der Waals surface area contributed by atoms with Crippen molar-refractivity contribution in [1.29, 1.82) is 0 Å². The van der Waals surface area contributed by atoms with E-state index in [1.165, 1.54) is 57.8 Å². The second-order valence-corrected chi connectivity index (χ2v) is 5.71. The highest BCUT2D eigenvalue weighted by Crippen LogP contribution is 2.14. The van der Waals surface area contributed by atoms with E-state index in [9.17, 15) is 5.11 Å². The molecule has 1 aliphatic rings. The smallest absolute Gasteiger partial charge is 0.0854 e. The predicted octanol–water partition coefficient (Wildman–Crippen LogP) is 3.61. The van der Waals surface area contributed by atoms with Crippen molar-refractivity contribution in [1.82, 2.24) is 4.90 Å². The Kier molecular flexibility index (Phi) is 9.78. The van der Waals surface area contributed by atoms with Gasteiger partial charge in [0.15, 0.2) is 0 Å². The van der Waals surface area contributed by atoms with Crippen molar-refractivity contribution in [2.75, 3.05) is 19.7 Å². The molecule has 19 heavy (non-hydrogen) atoms. The number of aliphatic hydroxyl groups excluding tert-OH is 1. The molecule has 0 fully saturated rings. The molecule has 0 radical (unpaired) electrons. The minimum absolute atomic E-state index is 0.267. The van der Waals surface area contributed by atoms with Crippen LogP contribution in [0.15, 0.2) is 4.99 Å². The highest BCUT2D eigenvalue weighted by atomic mass is 16.3. The molecule has 0 aromatic rings. The van der Waals surface area contributed by atoms with Crippen molar-refractivity contribution >= 4 is 6.34 Å². The van der Waals surface area contributed by atoms with Crippen molar-refractivity contribution in [2.45, 2.75) is 77.2 Å². The van der Waals surface area contributed by atoms with Crippen LogP contribution >= 0.6 is 0 Å². The molecule has 0 saturated heterocycles. The molecule has 1 N–H and O–H groups in total. The van der Waals surface area contributed by atoms with Crippen LogP contribution in [0.2, 0.25) is 0 Å². The van der Waals surface area contributed by atoms with Gasteiger partial charge in [-0.05, 0) is 6.42 Å². The molecule has 112 valence electrons. The van der Waals surface area contributed by atoms with Gasteiger partial charge in [-0.1, -0.05) is 64.7 Å². The predicted molar refractivity (Wildman–Crippen MR) is 82.8 cm³/mol. The van der Waals surface area contributed by atoms with Crippen LogP contribution in [-0.2, 0) is 0 Å². The van der Waals surface area contributed by atoms with E-state index >= 15 is 0 Å². The Bertz CT molecular complexity index is 231. The van der Waals surface area contributed by atoms with Crippen LogP contribution in [0.25, 0.3) is 0 Å². The van der Waals surface area contributed by atoms with Gasteiger partial charge in [-0.25, -0.2) is 0 Å². The zero-order chi connectivity index (χ0) is 13.8. The maximum absolute atomic E-state index is 9.41. The van der Waals surface area contributed by atoms with E-state index in [0.717, 1.165) is 19.5 Å². The molecule has 0 amide bonds. The quantitative estimate of drug-likeness (QED) is 0.549. The van der Waals surface area contributed by atoms with E-state index in [1.54, 1.807) is 0 Å². The van der Waals surface area contributed by atoms with Crippen molar-refractivity contribution in [2.24, 2.45) is 4.99 Å². The SMILES string of the molecule is CCCCCCCCCCCC(CO)N1C=NCC1. The zero-order valence-electron chi connectivity index (χ0n) is 12.7. The van der Waals surface area contributed by atoms with Crippen LogP contribution in [0.4, 0.5) is 0 Å². The summed E-state index contributed by atoms with van der Waals surface area (Å²) in [6.45, 7) is 4.42. The minimum Gasteiger partial charge on any atom is -0.394 e. The fourth-order valence-corrected chi connectivity index (χ4v) is 2.72. The third kappa shape index (κ3) is 7.56. The maximum Gasteiger partial charge on any atom is 0.0854 e. The lowest BCUT2D eigenvalue weighted by Crippen LogP contribution is -2.35. The van der Waals surface area contributed by atoms with Crippen LogP contribution in [-0.4, -0.2) is 42.1 Å². The average Bonchev–Trinajstić information content (AvgIpc) is 2.95. The zero-order valence-corrected chi connectivity index (χ0v) is 12.7. The number of unbranched alkanes of at least 4 members (excludes halogenated alkanes) is 8. The molecule has 1 aliphatic heterocycles. The molecule has 0 spiro atoms. The van der Waals surface area contributed by atoms with Crippen LogP contribution < -0.4 is 0 Å². The van der Waals surface area contributed by atoms with Crippen molar-refractivity contribution in [3.8, 4) is 0 Å². The molecule has 3 nitrogen and oxygen atoms in total. The van der Waals surface area contributed by atoms with Gasteiger partial charge in [-0.3, -0.25) is 4.99 Å². The number of aliphatic hydroxyl groups is 1. The molecule has 0 saturated carbocycles. The van der Waals surface area contributed by atoms with Gasteiger partial charge >= 0.3 is 0 Å². The molecular formula is C16H32N2O. The van der Waals surface area contributed by atoms with E-state index in [4.69, 9.17) is 0 Å². The molecule has 0 bridgehead atoms. The summed E-state index contributed by atoms with van der Waals surface area (Å²) in [7, 11) is 0. The molecule has 0 aromatic carbocycles. The Hall–Kier alpha value is -0.570. The monoisotopic (exact) mass is 268 g/mol. The Labute approximate surface area is 119 Å².